The number of fused-ring (bicyclic) bond motifs is 1. The highest BCUT2D eigenvalue weighted by atomic mass is 16.2. The van der Waals surface area contributed by atoms with Crippen molar-refractivity contribution in [3.63, 3.8) is 0 Å². The third-order valence-corrected chi connectivity index (χ3v) is 5.67. The predicted octanol–water partition coefficient (Wildman–Crippen LogP) is 2.80. The maximum absolute atomic E-state index is 13.0. The molecule has 0 radical (unpaired) electrons. The summed E-state index contributed by atoms with van der Waals surface area (Å²) in [4.78, 5) is 34.7. The van der Waals surface area contributed by atoms with E-state index in [2.05, 4.69) is 35.9 Å². The molecule has 0 aliphatic carbocycles. The Balaban J connectivity index is 1.66. The average molecular weight is 385 g/mol. The van der Waals surface area contributed by atoms with Gasteiger partial charge in [0, 0.05) is 50.2 Å². The van der Waals surface area contributed by atoms with Crippen LogP contribution in [0.2, 0.25) is 0 Å². The summed E-state index contributed by atoms with van der Waals surface area (Å²) in [5.74, 6) is 0.219. The molecule has 1 aliphatic heterocycles. The monoisotopic (exact) mass is 384 g/mol. The van der Waals surface area contributed by atoms with Gasteiger partial charge in [0.15, 0.2) is 0 Å². The normalized spacial score (nSPS) is 15.6. The fraction of sp³-hybridized carbons (Fsp3) is 0.545. The second-order valence-corrected chi connectivity index (χ2v) is 7.71. The number of H-pyrrole nitrogens is 1. The number of nitrogens with zero attached hydrogens (tertiary/aromatic N) is 3. The zero-order valence-corrected chi connectivity index (χ0v) is 17.5. The molecule has 152 valence electrons. The lowest BCUT2D eigenvalue weighted by atomic mass is 10.1. The molecular weight excluding hydrogens is 352 g/mol. The largest absolute Gasteiger partial charge is 0.351 e. The summed E-state index contributed by atoms with van der Waals surface area (Å²) in [7, 11) is 0. The second kappa shape index (κ2) is 8.78. The minimum Gasteiger partial charge on any atom is -0.351 e. The summed E-state index contributed by atoms with van der Waals surface area (Å²) in [6, 6.07) is 6.20. The first-order chi connectivity index (χ1) is 13.4. The van der Waals surface area contributed by atoms with E-state index in [4.69, 9.17) is 0 Å². The van der Waals surface area contributed by atoms with E-state index in [9.17, 15) is 9.59 Å². The van der Waals surface area contributed by atoms with Crippen LogP contribution in [0.25, 0.3) is 10.9 Å². The number of aryl methyl sites for hydroxylation is 2. The third-order valence-electron chi connectivity index (χ3n) is 5.67. The van der Waals surface area contributed by atoms with E-state index in [1.165, 1.54) is 11.1 Å². The van der Waals surface area contributed by atoms with E-state index < -0.39 is 0 Å². The summed E-state index contributed by atoms with van der Waals surface area (Å²) in [5, 5.41) is 1.11. The summed E-state index contributed by atoms with van der Waals surface area (Å²) < 4.78 is 0. The molecule has 1 saturated heterocycles. The highest BCUT2D eigenvalue weighted by molar-refractivity contribution is 5.99. The van der Waals surface area contributed by atoms with Gasteiger partial charge in [-0.05, 0) is 57.4 Å². The predicted molar refractivity (Wildman–Crippen MR) is 113 cm³/mol. The summed E-state index contributed by atoms with van der Waals surface area (Å²) in [5.41, 5.74) is 4.04. The SMILES string of the molecule is CCN(CC)C(=O)CN1CCCN(C(=O)c2cc3c(C)cc(C)cc3[nH]2)CC1. The Morgan fingerprint density at radius 2 is 1.79 bits per heavy atom. The van der Waals surface area contributed by atoms with Crippen LogP contribution in [0.1, 0.15) is 41.9 Å². The molecule has 2 heterocycles. The van der Waals surface area contributed by atoms with Crippen molar-refractivity contribution in [1.29, 1.82) is 0 Å². The van der Waals surface area contributed by atoms with Crippen molar-refractivity contribution >= 4 is 22.7 Å². The smallest absolute Gasteiger partial charge is 0.270 e. The zero-order valence-electron chi connectivity index (χ0n) is 17.5. The van der Waals surface area contributed by atoms with Crippen LogP contribution >= 0.6 is 0 Å². The topological polar surface area (TPSA) is 59.7 Å². The maximum Gasteiger partial charge on any atom is 0.270 e. The van der Waals surface area contributed by atoms with Gasteiger partial charge in [0.05, 0.1) is 6.54 Å². The lowest BCUT2D eigenvalue weighted by Crippen LogP contribution is -2.42. The number of aromatic nitrogens is 1. The molecule has 0 spiro atoms. The van der Waals surface area contributed by atoms with Gasteiger partial charge < -0.3 is 14.8 Å². The summed E-state index contributed by atoms with van der Waals surface area (Å²) >= 11 is 0. The van der Waals surface area contributed by atoms with E-state index in [1.54, 1.807) is 0 Å². The van der Waals surface area contributed by atoms with E-state index in [1.807, 2.05) is 29.7 Å². The van der Waals surface area contributed by atoms with Crippen LogP contribution in [-0.2, 0) is 4.79 Å². The summed E-state index contributed by atoms with van der Waals surface area (Å²) in [6.45, 7) is 13.0. The molecule has 0 bridgehead atoms. The van der Waals surface area contributed by atoms with Gasteiger partial charge >= 0.3 is 0 Å². The van der Waals surface area contributed by atoms with Crippen LogP contribution in [0.5, 0.6) is 0 Å². The van der Waals surface area contributed by atoms with Crippen molar-refractivity contribution in [3.8, 4) is 0 Å². The average Bonchev–Trinajstić information content (AvgIpc) is 2.95. The quantitative estimate of drug-likeness (QED) is 0.862. The van der Waals surface area contributed by atoms with Crippen molar-refractivity contribution < 1.29 is 9.59 Å². The van der Waals surface area contributed by atoms with Crippen molar-refractivity contribution in [3.05, 3.63) is 35.0 Å². The number of hydrogen-bond donors (Lipinski definition) is 1. The van der Waals surface area contributed by atoms with Crippen molar-refractivity contribution in [2.24, 2.45) is 0 Å². The fourth-order valence-corrected chi connectivity index (χ4v) is 4.08. The van der Waals surface area contributed by atoms with E-state index >= 15 is 0 Å². The van der Waals surface area contributed by atoms with Gasteiger partial charge in [-0.3, -0.25) is 14.5 Å². The molecule has 2 aromatic rings. The Bertz CT molecular complexity index is 854. The van der Waals surface area contributed by atoms with Gasteiger partial charge in [-0.15, -0.1) is 0 Å². The standard InChI is InChI=1S/C22H32N4O2/c1-5-25(6-2)21(27)15-24-8-7-9-26(11-10-24)22(28)20-14-18-17(4)12-16(3)13-19(18)23-20/h12-14,23H,5-11,15H2,1-4H3. The summed E-state index contributed by atoms with van der Waals surface area (Å²) in [6.07, 6.45) is 0.885. The number of amides is 2. The molecule has 1 aliphatic rings. The minimum atomic E-state index is 0.0465. The molecule has 0 atom stereocenters. The molecule has 6 heteroatoms. The molecule has 3 rings (SSSR count). The molecule has 2 amide bonds. The molecule has 1 N–H and O–H groups in total. The van der Waals surface area contributed by atoms with Crippen LogP contribution in [0.3, 0.4) is 0 Å². The number of likely N-dealkylation sites (N-methyl/N-ethyl adjacent to an activating group) is 1. The lowest BCUT2D eigenvalue weighted by Gasteiger charge is -2.25. The number of nitrogens with one attached hydrogen (secondary N) is 1. The number of carbonyl (C=O) groups excluding carboxylic acids is 2. The highest BCUT2D eigenvalue weighted by Crippen LogP contribution is 2.22. The minimum absolute atomic E-state index is 0.0465. The van der Waals surface area contributed by atoms with Crippen molar-refractivity contribution in [2.75, 3.05) is 45.8 Å². The molecule has 1 aromatic carbocycles. The van der Waals surface area contributed by atoms with Crippen molar-refractivity contribution in [2.45, 2.75) is 34.1 Å². The lowest BCUT2D eigenvalue weighted by molar-refractivity contribution is -0.132. The van der Waals surface area contributed by atoms with E-state index in [0.29, 0.717) is 18.8 Å². The van der Waals surface area contributed by atoms with Gasteiger partial charge in [0.25, 0.3) is 5.91 Å². The molecule has 0 saturated carbocycles. The Kier molecular flexibility index (Phi) is 6.39. The van der Waals surface area contributed by atoms with Gasteiger partial charge in [-0.25, -0.2) is 0 Å². The Hall–Kier alpha value is -2.34. The first kappa shape index (κ1) is 20.4. The first-order valence-electron chi connectivity index (χ1n) is 10.3. The van der Waals surface area contributed by atoms with Crippen molar-refractivity contribution in [1.82, 2.24) is 19.7 Å². The molecule has 1 fully saturated rings. The Labute approximate surface area is 167 Å². The maximum atomic E-state index is 13.0. The van der Waals surface area contributed by atoms with Gasteiger partial charge in [-0.2, -0.15) is 0 Å². The van der Waals surface area contributed by atoms with Crippen LogP contribution in [0.15, 0.2) is 18.2 Å². The van der Waals surface area contributed by atoms with Gasteiger partial charge in [0.2, 0.25) is 5.91 Å². The molecule has 0 unspecified atom stereocenters. The Morgan fingerprint density at radius 1 is 1.04 bits per heavy atom. The van der Waals surface area contributed by atoms with Gasteiger partial charge in [-0.1, -0.05) is 6.07 Å². The fourth-order valence-electron chi connectivity index (χ4n) is 4.08. The Morgan fingerprint density at radius 3 is 2.50 bits per heavy atom. The van der Waals surface area contributed by atoms with E-state index in [0.717, 1.165) is 50.0 Å². The second-order valence-electron chi connectivity index (χ2n) is 7.71. The number of aromatic amines is 1. The number of carbonyl (C=O) groups is 2. The first-order valence-corrected chi connectivity index (χ1v) is 10.3. The van der Waals surface area contributed by atoms with Crippen LogP contribution in [0.4, 0.5) is 0 Å². The molecule has 1 aromatic heterocycles. The van der Waals surface area contributed by atoms with Crippen LogP contribution in [0, 0.1) is 13.8 Å². The number of rotatable bonds is 5. The number of hydrogen-bond acceptors (Lipinski definition) is 3. The van der Waals surface area contributed by atoms with Crippen LogP contribution < -0.4 is 0 Å². The zero-order chi connectivity index (χ0) is 20.3. The molecular formula is C22H32N4O2. The van der Waals surface area contributed by atoms with E-state index in [-0.39, 0.29) is 11.8 Å². The molecule has 28 heavy (non-hydrogen) atoms. The molecule has 6 nitrogen and oxygen atoms in total. The number of benzene rings is 1. The third kappa shape index (κ3) is 4.38. The van der Waals surface area contributed by atoms with Gasteiger partial charge in [0.1, 0.15) is 5.69 Å². The van der Waals surface area contributed by atoms with Crippen LogP contribution in [-0.4, -0.2) is 77.3 Å². The highest BCUT2D eigenvalue weighted by Gasteiger charge is 2.23.